The zero-order valence-corrected chi connectivity index (χ0v) is 11.3. The Labute approximate surface area is 107 Å². The molecule has 1 aromatic carbocycles. The van der Waals surface area contributed by atoms with Crippen molar-refractivity contribution in [3.8, 4) is 17.2 Å². The van der Waals surface area contributed by atoms with Gasteiger partial charge in [-0.25, -0.2) is 0 Å². The predicted octanol–water partition coefficient (Wildman–Crippen LogP) is 2.24. The van der Waals surface area contributed by atoms with Crippen LogP contribution in [0.3, 0.4) is 0 Å². The number of aliphatic hydroxyl groups is 1. The van der Waals surface area contributed by atoms with Crippen LogP contribution in [0.15, 0.2) is 18.2 Å². The normalized spacial score (nSPS) is 25.2. The summed E-state index contributed by atoms with van der Waals surface area (Å²) in [7, 11) is 3.21. The van der Waals surface area contributed by atoms with E-state index in [2.05, 4.69) is 0 Å². The quantitative estimate of drug-likeness (QED) is 0.892. The summed E-state index contributed by atoms with van der Waals surface area (Å²) in [5.74, 6) is 2.10. The molecule has 1 saturated carbocycles. The summed E-state index contributed by atoms with van der Waals surface area (Å²) in [6, 6.07) is 5.44. The average molecular weight is 252 g/mol. The van der Waals surface area contributed by atoms with E-state index in [0.29, 0.717) is 23.7 Å². The summed E-state index contributed by atoms with van der Waals surface area (Å²) < 4.78 is 16.3. The highest BCUT2D eigenvalue weighted by atomic mass is 16.5. The average Bonchev–Trinajstić information content (AvgIpc) is 2.38. The molecule has 4 nitrogen and oxygen atoms in total. The van der Waals surface area contributed by atoms with Crippen LogP contribution < -0.4 is 14.2 Å². The molecule has 0 amide bonds. The number of methoxy groups -OCH3 is 2. The van der Waals surface area contributed by atoms with E-state index in [1.54, 1.807) is 20.3 Å². The summed E-state index contributed by atoms with van der Waals surface area (Å²) in [6.45, 7) is 4.01. The molecule has 1 aliphatic carbocycles. The smallest absolute Gasteiger partial charge is 0.127 e. The zero-order valence-electron chi connectivity index (χ0n) is 11.3. The van der Waals surface area contributed by atoms with Gasteiger partial charge in [0, 0.05) is 30.0 Å². The second-order valence-electron chi connectivity index (χ2n) is 5.23. The van der Waals surface area contributed by atoms with E-state index >= 15 is 0 Å². The lowest BCUT2D eigenvalue weighted by atomic mass is 9.66. The van der Waals surface area contributed by atoms with Crippen molar-refractivity contribution in [3.05, 3.63) is 18.2 Å². The maximum absolute atomic E-state index is 9.70. The SMILES string of the molecule is COc1cc(OC)cc(OC2CC(O)C2(C)C)c1. The van der Waals surface area contributed by atoms with Crippen molar-refractivity contribution in [3.63, 3.8) is 0 Å². The van der Waals surface area contributed by atoms with Crippen molar-refractivity contribution in [1.82, 2.24) is 0 Å². The molecule has 0 aromatic heterocycles. The van der Waals surface area contributed by atoms with E-state index in [4.69, 9.17) is 14.2 Å². The summed E-state index contributed by atoms with van der Waals surface area (Å²) >= 11 is 0. The van der Waals surface area contributed by atoms with Gasteiger partial charge in [0.2, 0.25) is 0 Å². The van der Waals surface area contributed by atoms with Gasteiger partial charge in [0.05, 0.1) is 20.3 Å². The van der Waals surface area contributed by atoms with Crippen LogP contribution in [0, 0.1) is 5.41 Å². The van der Waals surface area contributed by atoms with Gasteiger partial charge in [0.25, 0.3) is 0 Å². The molecule has 100 valence electrons. The van der Waals surface area contributed by atoms with Gasteiger partial charge in [0.15, 0.2) is 0 Å². The molecule has 1 N–H and O–H groups in total. The van der Waals surface area contributed by atoms with Crippen LogP contribution in [0.2, 0.25) is 0 Å². The lowest BCUT2D eigenvalue weighted by Crippen LogP contribution is -2.56. The second kappa shape index (κ2) is 4.69. The minimum atomic E-state index is -0.296. The molecule has 0 heterocycles. The third-order valence-electron chi connectivity index (χ3n) is 3.73. The molecule has 2 rings (SSSR count). The Morgan fingerprint density at radius 1 is 1.06 bits per heavy atom. The molecule has 0 aliphatic heterocycles. The van der Waals surface area contributed by atoms with E-state index in [0.717, 1.165) is 0 Å². The zero-order chi connectivity index (χ0) is 13.3. The third-order valence-corrected chi connectivity index (χ3v) is 3.73. The van der Waals surface area contributed by atoms with Gasteiger partial charge in [-0.2, -0.15) is 0 Å². The molecule has 2 unspecified atom stereocenters. The number of ether oxygens (including phenoxy) is 3. The lowest BCUT2D eigenvalue weighted by Gasteiger charge is -2.48. The Balaban J connectivity index is 2.14. The molecule has 1 aliphatic rings. The molecule has 0 spiro atoms. The highest BCUT2D eigenvalue weighted by Gasteiger charge is 2.49. The first kappa shape index (κ1) is 13.0. The Morgan fingerprint density at radius 3 is 1.94 bits per heavy atom. The van der Waals surface area contributed by atoms with Gasteiger partial charge in [-0.05, 0) is 0 Å². The Hall–Kier alpha value is -1.42. The largest absolute Gasteiger partial charge is 0.496 e. The molecule has 0 radical (unpaired) electrons. The minimum Gasteiger partial charge on any atom is -0.496 e. The molecule has 0 saturated heterocycles. The van der Waals surface area contributed by atoms with Gasteiger partial charge in [-0.3, -0.25) is 0 Å². The maximum Gasteiger partial charge on any atom is 0.127 e. The molecule has 4 heteroatoms. The van der Waals surface area contributed by atoms with E-state index < -0.39 is 0 Å². The van der Waals surface area contributed by atoms with Crippen molar-refractivity contribution in [1.29, 1.82) is 0 Å². The molecule has 1 fully saturated rings. The summed E-state index contributed by atoms with van der Waals surface area (Å²) in [5, 5.41) is 9.70. The third kappa shape index (κ3) is 2.25. The Morgan fingerprint density at radius 2 is 1.56 bits per heavy atom. The van der Waals surface area contributed by atoms with Crippen LogP contribution in [0.1, 0.15) is 20.3 Å². The standard InChI is InChI=1S/C14H20O4/c1-14(2)12(15)8-13(14)18-11-6-9(16-3)5-10(7-11)17-4/h5-7,12-13,15H,8H2,1-4H3. The lowest BCUT2D eigenvalue weighted by molar-refractivity contribution is -0.134. The molecular weight excluding hydrogens is 232 g/mol. The second-order valence-corrected chi connectivity index (χ2v) is 5.23. The van der Waals surface area contributed by atoms with Gasteiger partial charge < -0.3 is 19.3 Å². The van der Waals surface area contributed by atoms with Crippen LogP contribution >= 0.6 is 0 Å². The van der Waals surface area contributed by atoms with Gasteiger partial charge >= 0.3 is 0 Å². The monoisotopic (exact) mass is 252 g/mol. The first-order valence-electron chi connectivity index (χ1n) is 6.05. The highest BCUT2D eigenvalue weighted by molar-refractivity contribution is 5.42. The van der Waals surface area contributed by atoms with Crippen LogP contribution in [-0.4, -0.2) is 31.5 Å². The first-order chi connectivity index (χ1) is 8.47. The number of rotatable bonds is 4. The number of hydrogen-bond donors (Lipinski definition) is 1. The Kier molecular flexibility index (Phi) is 3.39. The first-order valence-corrected chi connectivity index (χ1v) is 6.05. The van der Waals surface area contributed by atoms with E-state index in [9.17, 15) is 5.11 Å². The topological polar surface area (TPSA) is 47.9 Å². The summed E-state index contributed by atoms with van der Waals surface area (Å²) in [4.78, 5) is 0. The number of aliphatic hydroxyl groups excluding tert-OH is 1. The molecular formula is C14H20O4. The van der Waals surface area contributed by atoms with Crippen molar-refractivity contribution in [2.75, 3.05) is 14.2 Å². The fourth-order valence-corrected chi connectivity index (χ4v) is 2.08. The van der Waals surface area contributed by atoms with Crippen LogP contribution in [0.4, 0.5) is 0 Å². The van der Waals surface area contributed by atoms with Crippen molar-refractivity contribution >= 4 is 0 Å². The van der Waals surface area contributed by atoms with Gasteiger partial charge in [-0.1, -0.05) is 13.8 Å². The minimum absolute atomic E-state index is 0.0179. The summed E-state index contributed by atoms with van der Waals surface area (Å²) in [5.41, 5.74) is -0.212. The number of benzene rings is 1. The molecule has 0 bridgehead atoms. The van der Waals surface area contributed by atoms with Crippen molar-refractivity contribution in [2.45, 2.75) is 32.5 Å². The van der Waals surface area contributed by atoms with E-state index in [1.807, 2.05) is 26.0 Å². The predicted molar refractivity (Wildman–Crippen MR) is 68.4 cm³/mol. The van der Waals surface area contributed by atoms with Crippen molar-refractivity contribution < 1.29 is 19.3 Å². The van der Waals surface area contributed by atoms with Crippen LogP contribution in [0.5, 0.6) is 17.2 Å². The molecule has 2 atom stereocenters. The molecule has 1 aromatic rings. The van der Waals surface area contributed by atoms with Gasteiger partial charge in [0.1, 0.15) is 23.4 Å². The molecule has 18 heavy (non-hydrogen) atoms. The van der Waals surface area contributed by atoms with E-state index in [-0.39, 0.29) is 17.6 Å². The maximum atomic E-state index is 9.70. The number of hydrogen-bond acceptors (Lipinski definition) is 4. The van der Waals surface area contributed by atoms with Gasteiger partial charge in [-0.15, -0.1) is 0 Å². The van der Waals surface area contributed by atoms with E-state index in [1.165, 1.54) is 0 Å². The van der Waals surface area contributed by atoms with Crippen molar-refractivity contribution in [2.24, 2.45) is 5.41 Å². The highest BCUT2D eigenvalue weighted by Crippen LogP contribution is 2.43. The fourth-order valence-electron chi connectivity index (χ4n) is 2.08. The van der Waals surface area contributed by atoms with Crippen LogP contribution in [-0.2, 0) is 0 Å². The van der Waals surface area contributed by atoms with Crippen LogP contribution in [0.25, 0.3) is 0 Å². The Bertz CT molecular complexity index is 406. The fraction of sp³-hybridized carbons (Fsp3) is 0.571. The summed E-state index contributed by atoms with van der Waals surface area (Å²) in [6.07, 6.45) is 0.381.